The summed E-state index contributed by atoms with van der Waals surface area (Å²) < 4.78 is 27.7. The standard InChI is InChI=1S/C13H22N2O4S2/c1-8(2)10(6-15(4)5)14-21(18,19)12-9(3)7-20-11(12)13(16)17/h7-8,10,14H,6H2,1-5H3,(H,16,17). The van der Waals surface area contributed by atoms with Crippen molar-refractivity contribution >= 4 is 27.3 Å². The third-order valence-electron chi connectivity index (χ3n) is 3.05. The number of thiophene rings is 1. The van der Waals surface area contributed by atoms with E-state index in [-0.39, 0.29) is 21.7 Å². The van der Waals surface area contributed by atoms with Crippen LogP contribution in [-0.2, 0) is 10.0 Å². The van der Waals surface area contributed by atoms with E-state index >= 15 is 0 Å². The van der Waals surface area contributed by atoms with E-state index < -0.39 is 16.0 Å². The molecule has 0 amide bonds. The smallest absolute Gasteiger partial charge is 0.347 e. The van der Waals surface area contributed by atoms with Crippen molar-refractivity contribution in [3.63, 3.8) is 0 Å². The maximum absolute atomic E-state index is 12.5. The van der Waals surface area contributed by atoms with Gasteiger partial charge in [0.05, 0.1) is 0 Å². The molecule has 0 fully saturated rings. The summed E-state index contributed by atoms with van der Waals surface area (Å²) in [7, 11) is -0.134. The zero-order chi connectivity index (χ0) is 16.4. The zero-order valence-corrected chi connectivity index (χ0v) is 14.5. The number of nitrogens with zero attached hydrogens (tertiary/aromatic N) is 1. The highest BCUT2D eigenvalue weighted by molar-refractivity contribution is 7.89. The normalized spacial score (nSPS) is 13.9. The van der Waals surface area contributed by atoms with Gasteiger partial charge in [-0.3, -0.25) is 0 Å². The largest absolute Gasteiger partial charge is 0.477 e. The van der Waals surface area contributed by atoms with Gasteiger partial charge in [-0.05, 0) is 37.9 Å². The Morgan fingerprint density at radius 2 is 2.00 bits per heavy atom. The molecule has 8 heteroatoms. The number of nitrogens with one attached hydrogen (secondary N) is 1. The Morgan fingerprint density at radius 1 is 1.43 bits per heavy atom. The molecule has 1 rings (SSSR count). The molecule has 1 unspecified atom stereocenters. The highest BCUT2D eigenvalue weighted by Gasteiger charge is 2.30. The lowest BCUT2D eigenvalue weighted by atomic mass is 10.1. The molecular formula is C13H22N2O4S2. The van der Waals surface area contributed by atoms with Crippen LogP contribution in [0.5, 0.6) is 0 Å². The summed E-state index contributed by atoms with van der Waals surface area (Å²) >= 11 is 0.931. The van der Waals surface area contributed by atoms with Gasteiger partial charge in [-0.15, -0.1) is 11.3 Å². The number of aryl methyl sites for hydroxylation is 1. The predicted molar refractivity (Wildman–Crippen MR) is 83.5 cm³/mol. The number of carboxylic acid groups (broad SMARTS) is 1. The van der Waals surface area contributed by atoms with Crippen LogP contribution in [0.1, 0.15) is 29.1 Å². The van der Waals surface area contributed by atoms with Gasteiger partial charge < -0.3 is 10.0 Å². The minimum atomic E-state index is -3.86. The second-order valence-electron chi connectivity index (χ2n) is 5.62. The Hall–Kier alpha value is -0.960. The monoisotopic (exact) mass is 334 g/mol. The Balaban J connectivity index is 3.16. The van der Waals surface area contributed by atoms with Crippen LogP contribution in [0.15, 0.2) is 10.3 Å². The highest BCUT2D eigenvalue weighted by atomic mass is 32.2. The van der Waals surface area contributed by atoms with E-state index in [4.69, 9.17) is 5.11 Å². The molecule has 6 nitrogen and oxygen atoms in total. The van der Waals surface area contributed by atoms with Gasteiger partial charge in [0.15, 0.2) is 0 Å². The van der Waals surface area contributed by atoms with Gasteiger partial charge in [0.1, 0.15) is 9.77 Å². The fourth-order valence-corrected chi connectivity index (χ4v) is 4.96. The van der Waals surface area contributed by atoms with E-state index in [0.717, 1.165) is 11.3 Å². The van der Waals surface area contributed by atoms with E-state index in [9.17, 15) is 13.2 Å². The first-order chi connectivity index (χ1) is 9.56. The lowest BCUT2D eigenvalue weighted by molar-refractivity contribution is 0.0698. The van der Waals surface area contributed by atoms with Gasteiger partial charge in [-0.25, -0.2) is 17.9 Å². The topological polar surface area (TPSA) is 86.7 Å². The molecule has 0 spiro atoms. The molecule has 1 aromatic rings. The Kier molecular flexibility index (Phi) is 5.92. The van der Waals surface area contributed by atoms with Crippen LogP contribution >= 0.6 is 11.3 Å². The number of likely N-dealkylation sites (N-methyl/N-ethyl adjacent to an activating group) is 1. The van der Waals surface area contributed by atoms with Crippen molar-refractivity contribution in [2.24, 2.45) is 5.92 Å². The average Bonchev–Trinajstić information content (AvgIpc) is 2.70. The Bertz CT molecular complexity index is 606. The van der Waals surface area contributed by atoms with Crippen LogP contribution in [-0.4, -0.2) is 51.1 Å². The van der Waals surface area contributed by atoms with Crippen molar-refractivity contribution in [2.75, 3.05) is 20.6 Å². The summed E-state index contributed by atoms with van der Waals surface area (Å²) in [5.41, 5.74) is 0.456. The van der Waals surface area contributed by atoms with Crippen LogP contribution in [0.2, 0.25) is 0 Å². The van der Waals surface area contributed by atoms with Gasteiger partial charge in [0, 0.05) is 12.6 Å². The van der Waals surface area contributed by atoms with Crippen molar-refractivity contribution in [1.82, 2.24) is 9.62 Å². The van der Waals surface area contributed by atoms with Gasteiger partial charge in [-0.2, -0.15) is 0 Å². The minimum Gasteiger partial charge on any atom is -0.477 e. The van der Waals surface area contributed by atoms with E-state index in [1.54, 1.807) is 12.3 Å². The van der Waals surface area contributed by atoms with E-state index in [0.29, 0.717) is 12.1 Å². The van der Waals surface area contributed by atoms with Gasteiger partial charge in [-0.1, -0.05) is 13.8 Å². The number of hydrogen-bond acceptors (Lipinski definition) is 5. The molecule has 1 aromatic heterocycles. The van der Waals surface area contributed by atoms with Crippen molar-refractivity contribution in [3.05, 3.63) is 15.8 Å². The molecule has 2 N–H and O–H groups in total. The van der Waals surface area contributed by atoms with Gasteiger partial charge >= 0.3 is 5.97 Å². The molecule has 0 bridgehead atoms. The summed E-state index contributed by atoms with van der Waals surface area (Å²) in [4.78, 5) is 12.8. The molecule has 120 valence electrons. The maximum Gasteiger partial charge on any atom is 0.347 e. The summed E-state index contributed by atoms with van der Waals surface area (Å²) in [5, 5.41) is 10.7. The minimum absolute atomic E-state index is 0.0920. The molecule has 0 aliphatic heterocycles. The molecular weight excluding hydrogens is 312 g/mol. The molecule has 0 aliphatic carbocycles. The van der Waals surface area contributed by atoms with Gasteiger partial charge in [0.2, 0.25) is 10.0 Å². The number of rotatable bonds is 7. The maximum atomic E-state index is 12.5. The van der Waals surface area contributed by atoms with Crippen LogP contribution in [0.3, 0.4) is 0 Å². The summed E-state index contributed by atoms with van der Waals surface area (Å²) in [6.45, 7) is 6.00. The van der Waals surface area contributed by atoms with E-state index in [2.05, 4.69) is 4.72 Å². The van der Waals surface area contributed by atoms with Crippen LogP contribution in [0, 0.1) is 12.8 Å². The van der Waals surface area contributed by atoms with Crippen molar-refractivity contribution < 1.29 is 18.3 Å². The number of aromatic carboxylic acids is 1. The first kappa shape index (κ1) is 18.1. The summed E-state index contributed by atoms with van der Waals surface area (Å²) in [6.07, 6.45) is 0. The van der Waals surface area contributed by atoms with Crippen LogP contribution in [0.4, 0.5) is 0 Å². The second-order valence-corrected chi connectivity index (χ2v) is 8.15. The molecule has 0 saturated carbocycles. The van der Waals surface area contributed by atoms with Crippen molar-refractivity contribution in [3.8, 4) is 0 Å². The Morgan fingerprint density at radius 3 is 2.43 bits per heavy atom. The number of carboxylic acids is 1. The molecule has 0 radical (unpaired) electrons. The zero-order valence-electron chi connectivity index (χ0n) is 12.9. The Labute approximate surface area is 129 Å². The third-order valence-corrected chi connectivity index (χ3v) is 5.95. The van der Waals surface area contributed by atoms with Gasteiger partial charge in [0.25, 0.3) is 0 Å². The van der Waals surface area contributed by atoms with E-state index in [1.165, 1.54) is 0 Å². The van der Waals surface area contributed by atoms with Crippen molar-refractivity contribution in [2.45, 2.75) is 31.7 Å². The summed E-state index contributed by atoms with van der Waals surface area (Å²) in [5.74, 6) is -1.13. The predicted octanol–water partition coefficient (Wildman–Crippen LogP) is 1.62. The molecule has 1 heterocycles. The van der Waals surface area contributed by atoms with Crippen LogP contribution in [0.25, 0.3) is 0 Å². The second kappa shape index (κ2) is 6.87. The number of sulfonamides is 1. The molecule has 0 aliphatic rings. The average molecular weight is 334 g/mol. The molecule has 0 saturated heterocycles. The van der Waals surface area contributed by atoms with Crippen LogP contribution < -0.4 is 4.72 Å². The SMILES string of the molecule is Cc1csc(C(=O)O)c1S(=O)(=O)NC(CN(C)C)C(C)C. The summed E-state index contributed by atoms with van der Waals surface area (Å²) in [6, 6.07) is -0.286. The number of carbonyl (C=O) groups is 1. The van der Waals surface area contributed by atoms with Crippen molar-refractivity contribution in [1.29, 1.82) is 0 Å². The molecule has 0 aromatic carbocycles. The molecule has 21 heavy (non-hydrogen) atoms. The fraction of sp³-hybridized carbons (Fsp3) is 0.615. The first-order valence-corrected chi connectivity index (χ1v) is 8.91. The fourth-order valence-electron chi connectivity index (χ4n) is 1.95. The highest BCUT2D eigenvalue weighted by Crippen LogP contribution is 2.27. The third kappa shape index (κ3) is 4.50. The first-order valence-electron chi connectivity index (χ1n) is 6.54. The lowest BCUT2D eigenvalue weighted by Gasteiger charge is -2.25. The lowest BCUT2D eigenvalue weighted by Crippen LogP contribution is -2.45. The molecule has 1 atom stereocenters. The van der Waals surface area contributed by atoms with E-state index in [1.807, 2.05) is 32.8 Å². The quantitative estimate of drug-likeness (QED) is 0.791. The number of hydrogen-bond donors (Lipinski definition) is 2.